The third-order valence-corrected chi connectivity index (χ3v) is 3.84. The molecule has 112 valence electrons. The highest BCUT2D eigenvalue weighted by molar-refractivity contribution is 7.90. The molecule has 0 aromatic heterocycles. The fourth-order valence-electron chi connectivity index (χ4n) is 1.63. The van der Waals surface area contributed by atoms with E-state index in [1.54, 1.807) is 19.1 Å². The molecule has 0 saturated heterocycles. The van der Waals surface area contributed by atoms with E-state index in [2.05, 4.69) is 5.32 Å². The maximum atomic E-state index is 12.8. The van der Waals surface area contributed by atoms with E-state index in [1.165, 1.54) is 12.1 Å². The van der Waals surface area contributed by atoms with E-state index in [0.717, 1.165) is 11.8 Å². The maximum absolute atomic E-state index is 12.8. The Morgan fingerprint density at radius 1 is 1.35 bits per heavy atom. The minimum Gasteiger partial charge on any atom is -0.348 e. The summed E-state index contributed by atoms with van der Waals surface area (Å²) in [6.45, 7) is 1.74. The standard InChI is InChI=1S/C13H19FN2O3S/c1-9(10-3-5-11(14)6-4-10)16-13(17)12(15)7-8-20(2,18)19/h3-6,9,12H,7-8,15H2,1-2H3,(H,16,17). The first kappa shape index (κ1) is 16.6. The molecule has 7 heteroatoms. The first-order valence-electron chi connectivity index (χ1n) is 6.18. The van der Waals surface area contributed by atoms with Crippen molar-refractivity contribution < 1.29 is 17.6 Å². The van der Waals surface area contributed by atoms with Gasteiger partial charge in [0.1, 0.15) is 15.7 Å². The zero-order valence-electron chi connectivity index (χ0n) is 11.5. The van der Waals surface area contributed by atoms with Crippen molar-refractivity contribution in [3.05, 3.63) is 35.6 Å². The second kappa shape index (κ2) is 6.81. The van der Waals surface area contributed by atoms with E-state index >= 15 is 0 Å². The van der Waals surface area contributed by atoms with Gasteiger partial charge in [0, 0.05) is 6.26 Å². The van der Waals surface area contributed by atoms with Gasteiger partial charge in [-0.3, -0.25) is 4.79 Å². The van der Waals surface area contributed by atoms with Crippen LogP contribution in [0.5, 0.6) is 0 Å². The molecule has 0 spiro atoms. The molecule has 1 amide bonds. The Morgan fingerprint density at radius 3 is 2.40 bits per heavy atom. The van der Waals surface area contributed by atoms with Crippen molar-refractivity contribution in [3.8, 4) is 0 Å². The molecule has 2 unspecified atom stereocenters. The number of carbonyl (C=O) groups is 1. The highest BCUT2D eigenvalue weighted by Gasteiger charge is 2.18. The highest BCUT2D eigenvalue weighted by atomic mass is 32.2. The van der Waals surface area contributed by atoms with E-state index in [-0.39, 0.29) is 24.0 Å². The minimum atomic E-state index is -3.14. The van der Waals surface area contributed by atoms with Gasteiger partial charge in [-0.05, 0) is 31.0 Å². The Labute approximate surface area is 118 Å². The lowest BCUT2D eigenvalue weighted by Crippen LogP contribution is -2.42. The monoisotopic (exact) mass is 302 g/mol. The van der Waals surface area contributed by atoms with Gasteiger partial charge in [0.25, 0.3) is 0 Å². The van der Waals surface area contributed by atoms with Crippen LogP contribution in [0, 0.1) is 5.82 Å². The van der Waals surface area contributed by atoms with E-state index in [4.69, 9.17) is 5.73 Å². The first-order valence-corrected chi connectivity index (χ1v) is 8.24. The molecule has 0 bridgehead atoms. The van der Waals surface area contributed by atoms with Crippen molar-refractivity contribution in [1.29, 1.82) is 0 Å². The van der Waals surface area contributed by atoms with Gasteiger partial charge in [0.2, 0.25) is 5.91 Å². The second-order valence-electron chi connectivity index (χ2n) is 4.81. The topological polar surface area (TPSA) is 89.3 Å². The van der Waals surface area contributed by atoms with E-state index in [1.807, 2.05) is 0 Å². The maximum Gasteiger partial charge on any atom is 0.237 e. The summed E-state index contributed by atoms with van der Waals surface area (Å²) >= 11 is 0. The van der Waals surface area contributed by atoms with Crippen LogP contribution in [0.3, 0.4) is 0 Å². The number of amides is 1. The van der Waals surface area contributed by atoms with Crippen molar-refractivity contribution in [2.45, 2.75) is 25.4 Å². The molecule has 0 aliphatic heterocycles. The molecular formula is C13H19FN2O3S. The number of hydrogen-bond donors (Lipinski definition) is 2. The molecule has 0 heterocycles. The van der Waals surface area contributed by atoms with Crippen molar-refractivity contribution in [3.63, 3.8) is 0 Å². The van der Waals surface area contributed by atoms with Crippen molar-refractivity contribution in [2.75, 3.05) is 12.0 Å². The summed E-state index contributed by atoms with van der Waals surface area (Å²) < 4.78 is 34.8. The smallest absolute Gasteiger partial charge is 0.237 e. The number of nitrogens with one attached hydrogen (secondary N) is 1. The van der Waals surface area contributed by atoms with Gasteiger partial charge >= 0.3 is 0 Å². The van der Waals surface area contributed by atoms with Crippen LogP contribution in [0.1, 0.15) is 24.9 Å². The molecule has 0 saturated carbocycles. The highest BCUT2D eigenvalue weighted by Crippen LogP contribution is 2.13. The molecule has 20 heavy (non-hydrogen) atoms. The molecule has 5 nitrogen and oxygen atoms in total. The van der Waals surface area contributed by atoms with Crippen LogP contribution in [0.25, 0.3) is 0 Å². The number of benzene rings is 1. The van der Waals surface area contributed by atoms with Gasteiger partial charge in [-0.15, -0.1) is 0 Å². The molecule has 0 aliphatic rings. The van der Waals surface area contributed by atoms with Crippen LogP contribution >= 0.6 is 0 Å². The minimum absolute atomic E-state index is 0.0702. The lowest BCUT2D eigenvalue weighted by Gasteiger charge is -2.17. The second-order valence-corrected chi connectivity index (χ2v) is 7.07. The zero-order valence-corrected chi connectivity index (χ0v) is 12.3. The normalized spacial score (nSPS) is 14.6. The summed E-state index contributed by atoms with van der Waals surface area (Å²) in [4.78, 5) is 11.8. The summed E-state index contributed by atoms with van der Waals surface area (Å²) in [5.74, 6) is -0.908. The van der Waals surface area contributed by atoms with Gasteiger partial charge in [-0.2, -0.15) is 0 Å². The van der Waals surface area contributed by atoms with Crippen molar-refractivity contribution >= 4 is 15.7 Å². The Balaban J connectivity index is 2.54. The summed E-state index contributed by atoms with van der Waals surface area (Å²) in [5, 5.41) is 2.67. The first-order chi connectivity index (χ1) is 9.19. The fraction of sp³-hybridized carbons (Fsp3) is 0.462. The number of hydrogen-bond acceptors (Lipinski definition) is 4. The Morgan fingerprint density at radius 2 is 1.90 bits per heavy atom. The third kappa shape index (κ3) is 5.66. The molecule has 1 aromatic rings. The van der Waals surface area contributed by atoms with E-state index in [9.17, 15) is 17.6 Å². The molecule has 1 aromatic carbocycles. The molecule has 0 aliphatic carbocycles. The number of carbonyl (C=O) groups excluding carboxylic acids is 1. The van der Waals surface area contributed by atoms with Crippen LogP contribution < -0.4 is 11.1 Å². The van der Waals surface area contributed by atoms with E-state index in [0.29, 0.717) is 0 Å². The summed E-state index contributed by atoms with van der Waals surface area (Å²) in [6.07, 6.45) is 1.17. The predicted octanol–water partition coefficient (Wildman–Crippen LogP) is 0.765. The summed E-state index contributed by atoms with van der Waals surface area (Å²) in [5.41, 5.74) is 6.38. The molecular weight excluding hydrogens is 283 g/mol. The molecule has 2 atom stereocenters. The number of rotatable bonds is 6. The van der Waals surface area contributed by atoms with E-state index < -0.39 is 21.8 Å². The summed E-state index contributed by atoms with van der Waals surface area (Å²) in [7, 11) is -3.14. The van der Waals surface area contributed by atoms with Crippen LogP contribution in [0.4, 0.5) is 4.39 Å². The quantitative estimate of drug-likeness (QED) is 0.812. The van der Waals surface area contributed by atoms with Crippen LogP contribution in [-0.2, 0) is 14.6 Å². The summed E-state index contributed by atoms with van der Waals surface area (Å²) in [6, 6.07) is 4.55. The van der Waals surface area contributed by atoms with Gasteiger partial charge in [0.15, 0.2) is 0 Å². The average molecular weight is 302 g/mol. The Bertz CT molecular complexity index is 557. The zero-order chi connectivity index (χ0) is 15.3. The lowest BCUT2D eigenvalue weighted by atomic mass is 10.1. The number of nitrogens with two attached hydrogens (primary N) is 1. The predicted molar refractivity (Wildman–Crippen MR) is 75.3 cm³/mol. The Kier molecular flexibility index (Phi) is 5.64. The molecule has 1 rings (SSSR count). The SMILES string of the molecule is CC(NC(=O)C(N)CCS(C)(=O)=O)c1ccc(F)cc1. The lowest BCUT2D eigenvalue weighted by molar-refractivity contribution is -0.123. The van der Waals surface area contributed by atoms with Crippen LogP contribution in [0.15, 0.2) is 24.3 Å². The molecule has 0 radical (unpaired) electrons. The Hall–Kier alpha value is -1.47. The number of sulfone groups is 1. The van der Waals surface area contributed by atoms with Crippen LogP contribution in [-0.4, -0.2) is 32.4 Å². The van der Waals surface area contributed by atoms with Gasteiger partial charge in [0.05, 0.1) is 17.8 Å². The van der Waals surface area contributed by atoms with Crippen LogP contribution in [0.2, 0.25) is 0 Å². The van der Waals surface area contributed by atoms with Crippen molar-refractivity contribution in [1.82, 2.24) is 5.32 Å². The van der Waals surface area contributed by atoms with Gasteiger partial charge in [-0.1, -0.05) is 12.1 Å². The largest absolute Gasteiger partial charge is 0.348 e. The van der Waals surface area contributed by atoms with Gasteiger partial charge in [-0.25, -0.2) is 12.8 Å². The molecule has 3 N–H and O–H groups in total. The average Bonchev–Trinajstić information content (AvgIpc) is 2.35. The van der Waals surface area contributed by atoms with Gasteiger partial charge < -0.3 is 11.1 Å². The fourth-order valence-corrected chi connectivity index (χ4v) is 2.31. The number of halogens is 1. The molecule has 0 fully saturated rings. The third-order valence-electron chi connectivity index (χ3n) is 2.87. The van der Waals surface area contributed by atoms with Crippen molar-refractivity contribution in [2.24, 2.45) is 5.73 Å².